The minimum atomic E-state index is -0.782. The number of benzene rings is 1. The number of amides is 1. The SMILES string of the molecule is Cc1c(-c2c(C(C)C)c3cc(C4CCN(CC(N)=O)CC4)ccc3n2C(=O)OC(C)Cl)cn2ncnc2c1C. The lowest BCUT2D eigenvalue weighted by Crippen LogP contribution is -2.39. The van der Waals surface area contributed by atoms with E-state index in [9.17, 15) is 9.59 Å². The van der Waals surface area contributed by atoms with Crippen molar-refractivity contribution in [3.05, 3.63) is 53.0 Å². The summed E-state index contributed by atoms with van der Waals surface area (Å²) in [6.07, 6.45) is 4.84. The number of carbonyl (C=O) groups excluding carboxylic acids is 2. The van der Waals surface area contributed by atoms with Crippen LogP contribution in [0.3, 0.4) is 0 Å². The highest BCUT2D eigenvalue weighted by atomic mass is 35.5. The van der Waals surface area contributed by atoms with Gasteiger partial charge in [0.25, 0.3) is 0 Å². The van der Waals surface area contributed by atoms with E-state index in [1.165, 1.54) is 11.9 Å². The fraction of sp³-hybridized carbons (Fsp3) is 0.448. The molecule has 0 aliphatic carbocycles. The number of ether oxygens (including phenoxy) is 1. The average Bonchev–Trinajstić information content (AvgIpc) is 3.48. The van der Waals surface area contributed by atoms with E-state index in [1.54, 1.807) is 16.0 Å². The molecule has 206 valence electrons. The predicted octanol–water partition coefficient (Wildman–Crippen LogP) is 5.33. The van der Waals surface area contributed by atoms with Gasteiger partial charge in [0.2, 0.25) is 5.91 Å². The fourth-order valence-electron chi connectivity index (χ4n) is 5.90. The molecular formula is C29H35ClN6O3. The first-order chi connectivity index (χ1) is 18.6. The molecule has 1 saturated heterocycles. The minimum Gasteiger partial charge on any atom is -0.429 e. The van der Waals surface area contributed by atoms with Crippen molar-refractivity contribution >= 4 is 40.2 Å². The number of carbonyl (C=O) groups is 2. The van der Waals surface area contributed by atoms with Gasteiger partial charge in [-0.05, 0) is 92.9 Å². The maximum atomic E-state index is 13.6. The molecule has 0 saturated carbocycles. The highest BCUT2D eigenvalue weighted by Gasteiger charge is 2.29. The largest absolute Gasteiger partial charge is 0.429 e. The molecule has 0 radical (unpaired) electrons. The van der Waals surface area contributed by atoms with E-state index >= 15 is 0 Å². The van der Waals surface area contributed by atoms with Crippen LogP contribution in [-0.4, -0.2) is 61.3 Å². The van der Waals surface area contributed by atoms with Crippen LogP contribution in [-0.2, 0) is 9.53 Å². The second-order valence-corrected chi connectivity index (χ2v) is 11.4. The molecule has 0 bridgehead atoms. The Morgan fingerprint density at radius 1 is 1.15 bits per heavy atom. The molecule has 39 heavy (non-hydrogen) atoms. The number of nitrogens with two attached hydrogens (primary N) is 1. The Morgan fingerprint density at radius 3 is 2.51 bits per heavy atom. The quantitative estimate of drug-likeness (QED) is 0.325. The number of hydrogen-bond donors (Lipinski definition) is 1. The number of pyridine rings is 1. The zero-order valence-electron chi connectivity index (χ0n) is 23.1. The summed E-state index contributed by atoms with van der Waals surface area (Å²) in [7, 11) is 0. The first kappa shape index (κ1) is 27.1. The molecule has 10 heteroatoms. The number of aromatic nitrogens is 4. The monoisotopic (exact) mass is 550 g/mol. The van der Waals surface area contributed by atoms with Crippen LogP contribution >= 0.6 is 11.6 Å². The summed E-state index contributed by atoms with van der Waals surface area (Å²) in [6.45, 7) is 11.9. The Morgan fingerprint density at radius 2 is 1.87 bits per heavy atom. The molecule has 1 atom stereocenters. The van der Waals surface area contributed by atoms with Crippen LogP contribution in [0.1, 0.15) is 67.7 Å². The Hall–Kier alpha value is -3.43. The second kappa shape index (κ2) is 10.6. The van der Waals surface area contributed by atoms with Crippen LogP contribution in [0.5, 0.6) is 0 Å². The van der Waals surface area contributed by atoms with Gasteiger partial charge in [-0.3, -0.25) is 9.69 Å². The number of halogens is 1. The standard InChI is InChI=1S/C29H35ClN6O3/c1-16(2)26-22-12-21(20-8-10-34(11-9-20)14-25(31)37)6-7-24(22)36(29(38)39-19(5)30)27(26)23-13-35-28(32-15-33-35)18(4)17(23)3/h6-7,12-13,15-16,19-20H,8-11,14H2,1-5H3,(H2,31,37). The minimum absolute atomic E-state index is 0.115. The van der Waals surface area contributed by atoms with Crippen molar-refractivity contribution in [2.75, 3.05) is 19.6 Å². The maximum Gasteiger partial charge on any atom is 0.420 e. The van der Waals surface area contributed by atoms with Gasteiger partial charge in [0.1, 0.15) is 6.33 Å². The molecule has 1 unspecified atom stereocenters. The molecular weight excluding hydrogens is 516 g/mol. The molecule has 3 aromatic heterocycles. The Balaban J connectivity index is 1.70. The molecule has 1 aliphatic heterocycles. The van der Waals surface area contributed by atoms with Gasteiger partial charge in [0.15, 0.2) is 11.2 Å². The Bertz CT molecular complexity index is 1560. The first-order valence-electron chi connectivity index (χ1n) is 13.4. The maximum absolute atomic E-state index is 13.6. The molecule has 4 aromatic rings. The third-order valence-electron chi connectivity index (χ3n) is 7.87. The highest BCUT2D eigenvalue weighted by Crippen LogP contribution is 2.42. The lowest BCUT2D eigenvalue weighted by Gasteiger charge is -2.31. The zero-order valence-corrected chi connectivity index (χ0v) is 23.8. The molecule has 9 nitrogen and oxygen atoms in total. The van der Waals surface area contributed by atoms with Crippen molar-refractivity contribution in [2.45, 2.75) is 64.9 Å². The van der Waals surface area contributed by atoms with Gasteiger partial charge in [0.05, 0.1) is 17.8 Å². The van der Waals surface area contributed by atoms with E-state index in [0.29, 0.717) is 12.5 Å². The predicted molar refractivity (Wildman–Crippen MR) is 152 cm³/mol. The molecule has 1 amide bonds. The highest BCUT2D eigenvalue weighted by molar-refractivity contribution is 6.20. The van der Waals surface area contributed by atoms with Gasteiger partial charge in [-0.1, -0.05) is 31.5 Å². The van der Waals surface area contributed by atoms with Crippen molar-refractivity contribution in [3.63, 3.8) is 0 Å². The zero-order chi connectivity index (χ0) is 28.0. The Labute approximate surface area is 232 Å². The number of alkyl halides is 1. The summed E-state index contributed by atoms with van der Waals surface area (Å²) in [5.74, 6) is 0.178. The van der Waals surface area contributed by atoms with E-state index in [-0.39, 0.29) is 11.8 Å². The van der Waals surface area contributed by atoms with Crippen LogP contribution < -0.4 is 5.73 Å². The number of hydrogen-bond acceptors (Lipinski definition) is 6. The van der Waals surface area contributed by atoms with Gasteiger partial charge in [-0.15, -0.1) is 0 Å². The number of fused-ring (bicyclic) bond motifs is 2. The van der Waals surface area contributed by atoms with Crippen LogP contribution in [0.25, 0.3) is 27.8 Å². The summed E-state index contributed by atoms with van der Waals surface area (Å²) >= 11 is 6.12. The lowest BCUT2D eigenvalue weighted by molar-refractivity contribution is -0.119. The van der Waals surface area contributed by atoms with E-state index in [4.69, 9.17) is 22.1 Å². The summed E-state index contributed by atoms with van der Waals surface area (Å²) in [4.78, 5) is 31.5. The fourth-order valence-corrected chi connectivity index (χ4v) is 5.98. The number of aryl methyl sites for hydroxylation is 1. The smallest absolute Gasteiger partial charge is 0.420 e. The van der Waals surface area contributed by atoms with Gasteiger partial charge < -0.3 is 10.5 Å². The normalized spacial score (nSPS) is 15.9. The lowest BCUT2D eigenvalue weighted by atomic mass is 9.87. The number of primary amides is 1. The van der Waals surface area contributed by atoms with Crippen LogP contribution in [0.4, 0.5) is 4.79 Å². The van der Waals surface area contributed by atoms with Crippen LogP contribution in [0.2, 0.25) is 0 Å². The van der Waals surface area contributed by atoms with Crippen molar-refractivity contribution in [2.24, 2.45) is 5.73 Å². The Kier molecular flexibility index (Phi) is 7.39. The number of rotatable bonds is 6. The van der Waals surface area contributed by atoms with Gasteiger partial charge in [0, 0.05) is 17.1 Å². The molecule has 4 heterocycles. The van der Waals surface area contributed by atoms with E-state index in [0.717, 1.165) is 70.4 Å². The number of nitrogens with zero attached hydrogens (tertiary/aromatic N) is 5. The third-order valence-corrected chi connectivity index (χ3v) is 7.96. The van der Waals surface area contributed by atoms with E-state index in [1.807, 2.05) is 26.1 Å². The molecule has 5 rings (SSSR count). The first-order valence-corrected chi connectivity index (χ1v) is 13.8. The van der Waals surface area contributed by atoms with Crippen molar-refractivity contribution in [3.8, 4) is 11.3 Å². The summed E-state index contributed by atoms with van der Waals surface area (Å²) in [6, 6.07) is 6.36. The van der Waals surface area contributed by atoms with Gasteiger partial charge >= 0.3 is 6.09 Å². The van der Waals surface area contributed by atoms with E-state index < -0.39 is 11.7 Å². The molecule has 0 spiro atoms. The summed E-state index contributed by atoms with van der Waals surface area (Å²) < 4.78 is 8.96. The summed E-state index contributed by atoms with van der Waals surface area (Å²) in [5.41, 5.74) is 12.2. The van der Waals surface area contributed by atoms with Crippen LogP contribution in [0, 0.1) is 13.8 Å². The molecule has 1 fully saturated rings. The third kappa shape index (κ3) is 5.01. The second-order valence-electron chi connectivity index (χ2n) is 10.8. The van der Waals surface area contributed by atoms with Crippen molar-refractivity contribution in [1.29, 1.82) is 0 Å². The van der Waals surface area contributed by atoms with E-state index in [2.05, 4.69) is 41.0 Å². The molecule has 1 aromatic carbocycles. The van der Waals surface area contributed by atoms with Gasteiger partial charge in [-0.25, -0.2) is 18.9 Å². The number of piperidine rings is 1. The molecule has 2 N–H and O–H groups in total. The van der Waals surface area contributed by atoms with Gasteiger partial charge in [-0.2, -0.15) is 5.10 Å². The van der Waals surface area contributed by atoms with Crippen molar-refractivity contribution < 1.29 is 14.3 Å². The average molecular weight is 551 g/mol. The summed E-state index contributed by atoms with van der Waals surface area (Å²) in [5, 5.41) is 5.40. The topological polar surface area (TPSA) is 108 Å². The van der Waals surface area contributed by atoms with Crippen LogP contribution in [0.15, 0.2) is 30.7 Å². The molecule has 1 aliphatic rings. The number of likely N-dealkylation sites (tertiary alicyclic amines) is 1. The van der Waals surface area contributed by atoms with Crippen molar-refractivity contribution in [1.82, 2.24) is 24.1 Å².